The van der Waals surface area contributed by atoms with Crippen LogP contribution in [0, 0.1) is 5.41 Å². The van der Waals surface area contributed by atoms with Crippen LogP contribution in [0.25, 0.3) is 0 Å². The minimum atomic E-state index is -1.29. The molecular formula is C22H20O8. The van der Waals surface area contributed by atoms with Crippen LogP contribution in [0.4, 0.5) is 0 Å². The molecule has 8 heteroatoms. The van der Waals surface area contributed by atoms with Gasteiger partial charge in [0.25, 0.3) is 0 Å². The number of benzene rings is 2. The summed E-state index contributed by atoms with van der Waals surface area (Å²) in [6.07, 6.45) is -0.162. The highest BCUT2D eigenvalue weighted by Crippen LogP contribution is 2.46. The van der Waals surface area contributed by atoms with E-state index < -0.39 is 28.6 Å². The fourth-order valence-corrected chi connectivity index (χ4v) is 3.31. The molecule has 0 aromatic heterocycles. The van der Waals surface area contributed by atoms with Crippen LogP contribution < -0.4 is 0 Å². The Labute approximate surface area is 171 Å². The van der Waals surface area contributed by atoms with Crippen molar-refractivity contribution < 1.29 is 39.5 Å². The molecule has 0 fully saturated rings. The highest BCUT2D eigenvalue weighted by Gasteiger charge is 2.49. The van der Waals surface area contributed by atoms with Crippen molar-refractivity contribution in [2.75, 3.05) is 0 Å². The summed E-state index contributed by atoms with van der Waals surface area (Å²) in [5.74, 6) is -3.33. The van der Waals surface area contributed by atoms with Crippen LogP contribution in [0.2, 0.25) is 0 Å². The molecule has 0 spiro atoms. The minimum absolute atomic E-state index is 0.0745. The topological polar surface area (TPSA) is 141 Å². The average molecular weight is 412 g/mol. The largest absolute Gasteiger partial charge is 0.504 e. The molecule has 1 aliphatic heterocycles. The van der Waals surface area contributed by atoms with E-state index in [1.807, 2.05) is 20.8 Å². The van der Waals surface area contributed by atoms with Gasteiger partial charge in [-0.15, -0.1) is 0 Å². The fraction of sp³-hybridized carbons (Fsp3) is 0.227. The molecule has 30 heavy (non-hydrogen) atoms. The first-order chi connectivity index (χ1) is 14.0. The van der Waals surface area contributed by atoms with Gasteiger partial charge in [0, 0.05) is 16.5 Å². The highest BCUT2D eigenvalue weighted by molar-refractivity contribution is 6.27. The Balaban J connectivity index is 0.000000187. The zero-order valence-corrected chi connectivity index (χ0v) is 16.5. The number of phenolic OH excluding ortho intramolecular Hbond substituents is 3. The summed E-state index contributed by atoms with van der Waals surface area (Å²) in [4.78, 5) is 35.2. The van der Waals surface area contributed by atoms with Gasteiger partial charge in [-0.05, 0) is 19.1 Å². The maximum absolute atomic E-state index is 12.5. The second-order valence-electron chi connectivity index (χ2n) is 7.56. The maximum Gasteiger partial charge on any atom is 0.335 e. The predicted octanol–water partition coefficient (Wildman–Crippen LogP) is 3.27. The molecular weight excluding hydrogens is 392 g/mol. The van der Waals surface area contributed by atoms with Crippen molar-refractivity contribution in [2.24, 2.45) is 5.41 Å². The van der Waals surface area contributed by atoms with Gasteiger partial charge >= 0.3 is 5.97 Å². The van der Waals surface area contributed by atoms with E-state index in [1.54, 1.807) is 24.3 Å². The standard InChI is InChI=1S/C15H14O3.C7H6O5/c1-8-15(2,3)11-12(16)9-6-4-5-7-10(9)13(17)14(11)18-8;8-4-1-3(7(11)12)2-5(9)6(4)10/h4-8H,1-3H3;1-2,8-10H,(H,11,12). The van der Waals surface area contributed by atoms with Gasteiger partial charge in [0.2, 0.25) is 5.78 Å². The Morgan fingerprint density at radius 2 is 1.47 bits per heavy atom. The summed E-state index contributed by atoms with van der Waals surface area (Å²) >= 11 is 0. The third-order valence-corrected chi connectivity index (χ3v) is 5.35. The van der Waals surface area contributed by atoms with Crippen molar-refractivity contribution in [3.05, 3.63) is 64.4 Å². The molecule has 2 aliphatic rings. The number of carbonyl (C=O) groups is 3. The molecule has 2 aromatic rings. The number of fused-ring (bicyclic) bond motifs is 1. The van der Waals surface area contributed by atoms with Crippen molar-refractivity contribution in [3.8, 4) is 17.2 Å². The van der Waals surface area contributed by atoms with Crippen LogP contribution in [0.1, 0.15) is 51.8 Å². The van der Waals surface area contributed by atoms with Gasteiger partial charge in [-0.3, -0.25) is 9.59 Å². The number of carbonyl (C=O) groups excluding carboxylic acids is 2. The Morgan fingerprint density at radius 1 is 0.967 bits per heavy atom. The lowest BCUT2D eigenvalue weighted by Gasteiger charge is -2.25. The highest BCUT2D eigenvalue weighted by atomic mass is 16.5. The molecule has 4 N–H and O–H groups in total. The monoisotopic (exact) mass is 412 g/mol. The van der Waals surface area contributed by atoms with E-state index >= 15 is 0 Å². The third kappa shape index (κ3) is 3.26. The van der Waals surface area contributed by atoms with Crippen molar-refractivity contribution in [2.45, 2.75) is 26.9 Å². The zero-order valence-electron chi connectivity index (χ0n) is 16.5. The van der Waals surface area contributed by atoms with Gasteiger partial charge < -0.3 is 25.2 Å². The van der Waals surface area contributed by atoms with Crippen molar-refractivity contribution in [1.82, 2.24) is 0 Å². The SMILES string of the molecule is CC1OC2=C(C(=O)c3ccccc3C2=O)C1(C)C.O=C(O)c1cc(O)c(O)c(O)c1. The van der Waals surface area contributed by atoms with Gasteiger partial charge in [0.1, 0.15) is 6.10 Å². The molecule has 0 amide bonds. The first-order valence-corrected chi connectivity index (χ1v) is 9.04. The maximum atomic E-state index is 12.5. The summed E-state index contributed by atoms with van der Waals surface area (Å²) in [5.41, 5.74) is 0.759. The molecule has 0 saturated heterocycles. The van der Waals surface area contributed by atoms with Crippen LogP contribution in [0.5, 0.6) is 17.2 Å². The van der Waals surface area contributed by atoms with Crippen LogP contribution >= 0.6 is 0 Å². The Kier molecular flexibility index (Phi) is 5.03. The number of phenols is 3. The summed E-state index contributed by atoms with van der Waals surface area (Å²) in [7, 11) is 0. The summed E-state index contributed by atoms with van der Waals surface area (Å²) in [5, 5.41) is 35.0. The lowest BCUT2D eigenvalue weighted by Crippen LogP contribution is -2.29. The number of Topliss-reactive ketones (excluding diaryl/α,β-unsaturated/α-hetero) is 2. The number of ketones is 2. The second-order valence-corrected chi connectivity index (χ2v) is 7.56. The van der Waals surface area contributed by atoms with Crippen LogP contribution in [0.15, 0.2) is 47.7 Å². The number of ether oxygens (including phenoxy) is 1. The van der Waals surface area contributed by atoms with E-state index in [0.29, 0.717) is 16.7 Å². The molecule has 2 aromatic carbocycles. The molecule has 1 heterocycles. The van der Waals surface area contributed by atoms with E-state index in [4.69, 9.17) is 25.2 Å². The van der Waals surface area contributed by atoms with E-state index in [9.17, 15) is 14.4 Å². The molecule has 0 radical (unpaired) electrons. The minimum Gasteiger partial charge on any atom is -0.504 e. The van der Waals surface area contributed by atoms with Crippen molar-refractivity contribution in [3.63, 3.8) is 0 Å². The first kappa shape index (κ1) is 20.9. The number of carboxylic acids is 1. The Bertz CT molecular complexity index is 1090. The summed E-state index contributed by atoms with van der Waals surface area (Å²) in [6, 6.07) is 8.62. The van der Waals surface area contributed by atoms with Crippen LogP contribution in [-0.2, 0) is 4.74 Å². The lowest BCUT2D eigenvalue weighted by molar-refractivity contribution is 0.0694. The number of aromatic hydroxyl groups is 3. The zero-order chi connectivity index (χ0) is 22.4. The fourth-order valence-electron chi connectivity index (χ4n) is 3.31. The number of aromatic carboxylic acids is 1. The van der Waals surface area contributed by atoms with E-state index in [1.165, 1.54) is 0 Å². The third-order valence-electron chi connectivity index (χ3n) is 5.35. The van der Waals surface area contributed by atoms with Gasteiger partial charge in [-0.1, -0.05) is 38.1 Å². The van der Waals surface area contributed by atoms with Gasteiger partial charge in [0.05, 0.1) is 11.1 Å². The van der Waals surface area contributed by atoms with Crippen molar-refractivity contribution >= 4 is 17.5 Å². The van der Waals surface area contributed by atoms with E-state index in [2.05, 4.69) is 0 Å². The first-order valence-electron chi connectivity index (χ1n) is 9.04. The summed E-state index contributed by atoms with van der Waals surface area (Å²) in [6.45, 7) is 5.78. The molecule has 1 atom stereocenters. The number of hydrogen-bond donors (Lipinski definition) is 4. The number of rotatable bonds is 1. The number of allylic oxidation sites excluding steroid dienone is 1. The van der Waals surface area contributed by atoms with E-state index in [-0.39, 0.29) is 29.0 Å². The average Bonchev–Trinajstić information content (AvgIpc) is 2.94. The smallest absolute Gasteiger partial charge is 0.335 e. The molecule has 1 unspecified atom stereocenters. The molecule has 0 bridgehead atoms. The second kappa shape index (κ2) is 7.22. The quantitative estimate of drug-likeness (QED) is 0.523. The Hall–Kier alpha value is -3.81. The van der Waals surface area contributed by atoms with Gasteiger partial charge in [-0.2, -0.15) is 0 Å². The molecule has 8 nitrogen and oxygen atoms in total. The molecule has 0 saturated carbocycles. The van der Waals surface area contributed by atoms with E-state index in [0.717, 1.165) is 12.1 Å². The molecule has 156 valence electrons. The van der Waals surface area contributed by atoms with Crippen LogP contribution in [-0.4, -0.2) is 44.1 Å². The molecule has 1 aliphatic carbocycles. The molecule has 4 rings (SSSR count). The van der Waals surface area contributed by atoms with Gasteiger partial charge in [-0.25, -0.2) is 4.79 Å². The Morgan fingerprint density at radius 3 is 1.97 bits per heavy atom. The predicted molar refractivity (Wildman–Crippen MR) is 105 cm³/mol. The lowest BCUT2D eigenvalue weighted by atomic mass is 9.74. The normalized spacial score (nSPS) is 18.7. The number of hydrogen-bond acceptors (Lipinski definition) is 7. The van der Waals surface area contributed by atoms with Crippen molar-refractivity contribution in [1.29, 1.82) is 0 Å². The summed E-state index contributed by atoms with van der Waals surface area (Å²) < 4.78 is 5.63. The number of carboxylic acid groups (broad SMARTS) is 1. The van der Waals surface area contributed by atoms with Crippen LogP contribution in [0.3, 0.4) is 0 Å². The van der Waals surface area contributed by atoms with Gasteiger partial charge in [0.15, 0.2) is 28.8 Å².